The number of hydrogen-bond acceptors (Lipinski definition) is 2. The van der Waals surface area contributed by atoms with E-state index < -0.39 is 8.07 Å². The van der Waals surface area contributed by atoms with Crippen LogP contribution in [0.4, 0.5) is 0 Å². The Hall–Kier alpha value is -2.57. The van der Waals surface area contributed by atoms with Gasteiger partial charge in [-0.2, -0.15) is 0 Å². The van der Waals surface area contributed by atoms with E-state index in [2.05, 4.69) is 65.8 Å². The molecule has 0 fully saturated rings. The van der Waals surface area contributed by atoms with Crippen LogP contribution >= 0.6 is 8.07 Å². The first-order valence-corrected chi connectivity index (χ1v) is 9.18. The van der Waals surface area contributed by atoms with Crippen LogP contribution in [-0.4, -0.2) is 7.11 Å². The molecule has 0 amide bonds. The topological polar surface area (TPSA) is 21.3 Å². The molecule has 3 rings (SSSR count). The molecule has 24 heavy (non-hydrogen) atoms. The Morgan fingerprint density at radius 2 is 1.21 bits per heavy atom. The number of nitrogens with one attached hydrogen (secondary N) is 1. The fourth-order valence-electron chi connectivity index (χ4n) is 2.45. The molecule has 0 unspecified atom stereocenters. The first-order chi connectivity index (χ1) is 11.9. The van der Waals surface area contributed by atoms with Crippen LogP contribution in [0.2, 0.25) is 0 Å². The lowest BCUT2D eigenvalue weighted by atomic mass is 10.2. The second kappa shape index (κ2) is 8.33. The fraction of sp³-hybridized carbons (Fsp3) is 0.0476. The summed E-state index contributed by atoms with van der Waals surface area (Å²) in [4.78, 5) is 0. The quantitative estimate of drug-likeness (QED) is 0.537. The first kappa shape index (κ1) is 16.3. The molecule has 2 nitrogen and oxygen atoms in total. The van der Waals surface area contributed by atoms with Crippen LogP contribution in [0.5, 0.6) is 0 Å². The average Bonchev–Trinajstić information content (AvgIpc) is 2.67. The van der Waals surface area contributed by atoms with Gasteiger partial charge in [-0.15, -0.1) is 0 Å². The largest absolute Gasteiger partial charge is 0.502 e. The SMILES string of the molecule is CO/C=C(/NP(c1ccccc1)c1ccccc1)c1ccccc1. The summed E-state index contributed by atoms with van der Waals surface area (Å²) in [6.45, 7) is 0. The van der Waals surface area contributed by atoms with Crippen LogP contribution in [0.15, 0.2) is 97.3 Å². The molecular formula is C21H20NOP. The molecule has 0 saturated heterocycles. The van der Waals surface area contributed by atoms with E-state index in [0.29, 0.717) is 0 Å². The highest BCUT2D eigenvalue weighted by Gasteiger charge is 2.16. The number of hydrogen-bond donors (Lipinski definition) is 1. The first-order valence-electron chi connectivity index (χ1n) is 7.84. The van der Waals surface area contributed by atoms with Crippen LogP contribution in [-0.2, 0) is 4.74 Å². The van der Waals surface area contributed by atoms with E-state index in [1.54, 1.807) is 13.4 Å². The molecule has 0 radical (unpaired) electrons. The summed E-state index contributed by atoms with van der Waals surface area (Å²) in [7, 11) is 0.955. The number of methoxy groups -OCH3 is 1. The Kier molecular flexibility index (Phi) is 5.65. The minimum absolute atomic E-state index is 0.724. The second-order valence-corrected chi connectivity index (χ2v) is 7.18. The Morgan fingerprint density at radius 3 is 1.67 bits per heavy atom. The van der Waals surface area contributed by atoms with Crippen LogP contribution in [0, 0.1) is 0 Å². The molecule has 1 N–H and O–H groups in total. The van der Waals surface area contributed by atoms with Crippen molar-refractivity contribution in [3.05, 3.63) is 103 Å². The van der Waals surface area contributed by atoms with Crippen LogP contribution < -0.4 is 15.7 Å². The zero-order valence-corrected chi connectivity index (χ0v) is 14.5. The second-order valence-electron chi connectivity index (χ2n) is 5.25. The fourth-order valence-corrected chi connectivity index (χ4v) is 4.37. The van der Waals surface area contributed by atoms with E-state index >= 15 is 0 Å². The Morgan fingerprint density at radius 1 is 0.750 bits per heavy atom. The molecule has 0 heterocycles. The predicted octanol–water partition coefficient (Wildman–Crippen LogP) is 4.27. The monoisotopic (exact) mass is 333 g/mol. The van der Waals surface area contributed by atoms with E-state index in [1.165, 1.54) is 10.6 Å². The number of benzene rings is 3. The van der Waals surface area contributed by atoms with Gasteiger partial charge in [-0.3, -0.25) is 0 Å². The maximum Gasteiger partial charge on any atom is 0.106 e. The van der Waals surface area contributed by atoms with Crippen LogP contribution in [0.3, 0.4) is 0 Å². The zero-order chi connectivity index (χ0) is 16.6. The molecular weight excluding hydrogens is 313 g/mol. The molecule has 0 aliphatic rings. The van der Waals surface area contributed by atoms with E-state index in [4.69, 9.17) is 4.74 Å². The van der Waals surface area contributed by atoms with Gasteiger partial charge in [0.1, 0.15) is 6.26 Å². The van der Waals surface area contributed by atoms with E-state index in [1.807, 2.05) is 30.3 Å². The van der Waals surface area contributed by atoms with Gasteiger partial charge in [0.15, 0.2) is 0 Å². The molecule has 3 aromatic rings. The van der Waals surface area contributed by atoms with Gasteiger partial charge >= 0.3 is 0 Å². The van der Waals surface area contributed by atoms with Gasteiger partial charge < -0.3 is 9.82 Å². The van der Waals surface area contributed by atoms with Crippen LogP contribution in [0.25, 0.3) is 5.70 Å². The molecule has 0 aliphatic heterocycles. The van der Waals surface area contributed by atoms with Gasteiger partial charge in [0, 0.05) is 16.2 Å². The van der Waals surface area contributed by atoms with Crippen molar-refractivity contribution >= 4 is 24.4 Å². The van der Waals surface area contributed by atoms with E-state index in [0.717, 1.165) is 11.3 Å². The van der Waals surface area contributed by atoms with Crippen molar-refractivity contribution in [2.24, 2.45) is 0 Å². The predicted molar refractivity (Wildman–Crippen MR) is 104 cm³/mol. The summed E-state index contributed by atoms with van der Waals surface area (Å²) in [5, 5.41) is 6.25. The molecule has 0 aliphatic carbocycles. The highest BCUT2D eigenvalue weighted by molar-refractivity contribution is 7.71. The lowest BCUT2D eigenvalue weighted by Crippen LogP contribution is -2.22. The number of ether oxygens (including phenoxy) is 1. The minimum atomic E-state index is -0.724. The lowest BCUT2D eigenvalue weighted by Gasteiger charge is -2.22. The van der Waals surface area contributed by atoms with Crippen LogP contribution in [0.1, 0.15) is 5.56 Å². The molecule has 0 atom stereocenters. The van der Waals surface area contributed by atoms with Crippen molar-refractivity contribution in [3.63, 3.8) is 0 Å². The third-order valence-corrected chi connectivity index (χ3v) is 5.68. The summed E-state index contributed by atoms with van der Waals surface area (Å²) in [6, 6.07) is 31.3. The minimum Gasteiger partial charge on any atom is -0.502 e. The molecule has 3 aromatic carbocycles. The summed E-state index contributed by atoms with van der Waals surface area (Å²) in [6.07, 6.45) is 1.77. The maximum atomic E-state index is 5.32. The van der Waals surface area contributed by atoms with Gasteiger partial charge in [0.25, 0.3) is 0 Å². The van der Waals surface area contributed by atoms with Gasteiger partial charge in [-0.25, -0.2) is 0 Å². The zero-order valence-electron chi connectivity index (χ0n) is 13.6. The van der Waals surface area contributed by atoms with Crippen molar-refractivity contribution in [1.29, 1.82) is 0 Å². The van der Waals surface area contributed by atoms with Crippen molar-refractivity contribution < 1.29 is 4.74 Å². The molecule has 0 bridgehead atoms. The third kappa shape index (κ3) is 4.04. The Labute approximate surface area is 144 Å². The number of rotatable bonds is 6. The molecule has 120 valence electrons. The standard InChI is InChI=1S/C21H20NOP/c1-23-17-21(18-11-5-2-6-12-18)22-24(19-13-7-3-8-14-19)20-15-9-4-10-16-20/h2-17,22H,1H3/b21-17+. The molecule has 3 heteroatoms. The summed E-state index contributed by atoms with van der Waals surface area (Å²) < 4.78 is 5.32. The highest BCUT2D eigenvalue weighted by Crippen LogP contribution is 2.32. The Bertz CT molecular complexity index is 733. The van der Waals surface area contributed by atoms with Gasteiger partial charge in [0.05, 0.1) is 20.9 Å². The van der Waals surface area contributed by atoms with Crippen molar-refractivity contribution in [2.75, 3.05) is 7.11 Å². The summed E-state index contributed by atoms with van der Waals surface area (Å²) in [5.41, 5.74) is 2.09. The average molecular weight is 333 g/mol. The maximum absolute atomic E-state index is 5.32. The lowest BCUT2D eigenvalue weighted by molar-refractivity contribution is 0.339. The third-order valence-electron chi connectivity index (χ3n) is 3.58. The van der Waals surface area contributed by atoms with Crippen molar-refractivity contribution in [3.8, 4) is 0 Å². The van der Waals surface area contributed by atoms with Crippen molar-refractivity contribution in [1.82, 2.24) is 5.09 Å². The normalized spacial score (nSPS) is 11.3. The molecule has 0 saturated carbocycles. The van der Waals surface area contributed by atoms with Gasteiger partial charge in [-0.1, -0.05) is 91.0 Å². The van der Waals surface area contributed by atoms with Crippen molar-refractivity contribution in [2.45, 2.75) is 0 Å². The summed E-state index contributed by atoms with van der Waals surface area (Å²) >= 11 is 0. The van der Waals surface area contributed by atoms with E-state index in [9.17, 15) is 0 Å². The molecule has 0 spiro atoms. The van der Waals surface area contributed by atoms with Gasteiger partial charge in [-0.05, 0) is 0 Å². The van der Waals surface area contributed by atoms with E-state index in [-0.39, 0.29) is 0 Å². The highest BCUT2D eigenvalue weighted by atomic mass is 31.1. The Balaban J connectivity index is 1.98. The smallest absolute Gasteiger partial charge is 0.106 e. The summed E-state index contributed by atoms with van der Waals surface area (Å²) in [5.74, 6) is 0. The molecule has 0 aromatic heterocycles. The van der Waals surface area contributed by atoms with Gasteiger partial charge in [0.2, 0.25) is 0 Å².